The Bertz CT molecular complexity index is 2980. The van der Waals surface area contributed by atoms with E-state index < -0.39 is 96.5 Å². The second kappa shape index (κ2) is 25.0. The third-order valence-corrected chi connectivity index (χ3v) is 11.9. The number of azo groups is 2. The van der Waals surface area contributed by atoms with Crippen LogP contribution in [0.15, 0.2) is 94.6 Å². The van der Waals surface area contributed by atoms with Crippen molar-refractivity contribution >= 4 is 127 Å². The fraction of sp³-hybridized carbons (Fsp3) is 0.0741. The Morgan fingerprint density at radius 1 is 0.762 bits per heavy atom. The molecule has 25 nitrogen and oxygen atoms in total. The minimum absolute atomic E-state index is 0. The van der Waals surface area contributed by atoms with Gasteiger partial charge >= 0.3 is 118 Å². The second-order valence-corrected chi connectivity index (χ2v) is 18.2. The van der Waals surface area contributed by atoms with E-state index in [0.717, 1.165) is 48.5 Å². The molecule has 0 atom stereocenters. The number of nitrogens with one attached hydrogen (secondary N) is 1. The van der Waals surface area contributed by atoms with Crippen molar-refractivity contribution in [3.63, 3.8) is 0 Å². The SMILES string of the molecule is Nc1c(N=Nc2ccc(S(=O)(=O)CCOS(=O)(=O)[O-])cc2)c(S(=O)(=O)[O-])cc2cc(SOO[O-])c(N=Nc3cc(Nc4nc(Cl)nc(Cl)n4)ccc3S(=O)(=O)[O-])c(O)c12.[Na+].[Na+].[Na+].[Na+]. The summed E-state index contributed by atoms with van der Waals surface area (Å²) in [7, 11) is -20.0. The maximum absolute atomic E-state index is 12.5. The first kappa shape index (κ1) is 60.2. The van der Waals surface area contributed by atoms with Gasteiger partial charge in [0, 0.05) is 5.69 Å². The van der Waals surface area contributed by atoms with Gasteiger partial charge in [-0.05, 0) is 83.2 Å². The largest absolute Gasteiger partial charge is 1.00 e. The van der Waals surface area contributed by atoms with Crippen molar-refractivity contribution in [3.8, 4) is 5.75 Å². The van der Waals surface area contributed by atoms with Gasteiger partial charge in [-0.25, -0.2) is 33.7 Å². The summed E-state index contributed by atoms with van der Waals surface area (Å²) < 4.78 is 139. The summed E-state index contributed by atoms with van der Waals surface area (Å²) in [6.45, 7) is -0.971. The van der Waals surface area contributed by atoms with E-state index in [1.54, 1.807) is 0 Å². The molecular weight excluding hydrogens is 1030 g/mol. The Hall–Kier alpha value is -0.800. The number of phenolic OH excluding ortho intramolecular Hbond substituents is 1. The first-order valence-electron chi connectivity index (χ1n) is 14.9. The molecule has 1 aromatic heterocycles. The number of nitrogens with zero attached hydrogens (tertiary/aromatic N) is 7. The van der Waals surface area contributed by atoms with E-state index >= 15 is 0 Å². The third-order valence-electron chi connectivity index (χ3n) is 7.10. The summed E-state index contributed by atoms with van der Waals surface area (Å²) in [4.78, 5) is 8.40. The van der Waals surface area contributed by atoms with Crippen LogP contribution in [-0.4, -0.2) is 79.7 Å². The molecule has 0 amide bonds. The van der Waals surface area contributed by atoms with Crippen LogP contribution in [0.3, 0.4) is 0 Å². The number of aromatic nitrogens is 3. The number of hydrogen-bond donors (Lipinski definition) is 3. The van der Waals surface area contributed by atoms with Gasteiger partial charge < -0.3 is 35.1 Å². The van der Waals surface area contributed by atoms with Crippen LogP contribution in [0.4, 0.5) is 40.1 Å². The molecule has 0 spiro atoms. The number of phenols is 1. The standard InChI is InChI=1S/C27H21Cl2N9O16S5.4Na/c28-25-32-26(29)34-27(33-25)31-14-3-6-18(57(43,44)45)16(11-14)36-37-22-17(55-54-53-40)9-12-10-19(58(46,47)48)23(21(30)20(12)24(22)39)38-35-13-1-4-15(5-2-13)56(41,42)8-7-52-59(49,50)51;;;;/h1-6,9-11,39-40H,7-8,30H2,(H,43,44,45)(H,46,47,48)(H,49,50,51)(H,31,32,33,34);;;;/q;4*+1/p-4. The van der Waals surface area contributed by atoms with Gasteiger partial charge in [-0.2, -0.15) is 24.4 Å². The zero-order valence-corrected chi connectivity index (χ0v) is 45.8. The first-order valence-corrected chi connectivity index (χ1v) is 22.2. The molecule has 0 unspecified atom stereocenters. The predicted molar refractivity (Wildman–Crippen MR) is 196 cm³/mol. The minimum atomic E-state index is -5.44. The number of hydrogen-bond acceptors (Lipinski definition) is 26. The van der Waals surface area contributed by atoms with Crippen LogP contribution in [0, 0.1) is 0 Å². The number of fused-ring (bicyclic) bond motifs is 1. The van der Waals surface area contributed by atoms with Crippen LogP contribution in [-0.2, 0) is 54.0 Å². The van der Waals surface area contributed by atoms with E-state index in [9.17, 15) is 57.7 Å². The first-order chi connectivity index (χ1) is 27.5. The van der Waals surface area contributed by atoms with Crippen molar-refractivity contribution in [3.05, 3.63) is 65.2 Å². The Labute approximate surface area is 459 Å². The molecule has 36 heteroatoms. The van der Waals surface area contributed by atoms with E-state index in [1.165, 1.54) is 0 Å². The molecule has 0 bridgehead atoms. The van der Waals surface area contributed by atoms with Crippen LogP contribution in [0.2, 0.25) is 10.6 Å². The van der Waals surface area contributed by atoms with Crippen molar-refractivity contribution in [1.29, 1.82) is 0 Å². The maximum Gasteiger partial charge on any atom is 1.00 e. The number of nitrogen functional groups attached to an aromatic ring is 1. The van der Waals surface area contributed by atoms with Crippen LogP contribution in [0.5, 0.6) is 5.75 Å². The molecule has 0 radical (unpaired) electrons. The average Bonchev–Trinajstić information content (AvgIpc) is 3.11. The van der Waals surface area contributed by atoms with E-state index in [2.05, 4.69) is 54.3 Å². The fourth-order valence-electron chi connectivity index (χ4n) is 4.71. The molecular formula is C27H17Cl2N9Na4O16S5. The van der Waals surface area contributed by atoms with Gasteiger partial charge in [0.15, 0.2) is 15.6 Å². The third kappa shape index (κ3) is 16.4. The van der Waals surface area contributed by atoms with Crippen molar-refractivity contribution in [1.82, 2.24) is 15.0 Å². The Kier molecular flexibility index (Phi) is 23.9. The Morgan fingerprint density at radius 3 is 1.90 bits per heavy atom. The topological polar surface area (TPSA) is 403 Å². The molecule has 5 rings (SSSR count). The van der Waals surface area contributed by atoms with Gasteiger partial charge in [0.1, 0.15) is 37.3 Å². The van der Waals surface area contributed by atoms with Gasteiger partial charge in [-0.15, -0.1) is 15.3 Å². The van der Waals surface area contributed by atoms with Gasteiger partial charge in [0.25, 0.3) is 0 Å². The summed E-state index contributed by atoms with van der Waals surface area (Å²) in [6, 6.07) is 8.76. The average molecular weight is 1050 g/mol. The van der Waals surface area contributed by atoms with Crippen LogP contribution in [0.25, 0.3) is 10.8 Å². The molecule has 0 aliphatic rings. The summed E-state index contributed by atoms with van der Waals surface area (Å²) in [5.74, 6) is -2.08. The number of halogens is 2. The summed E-state index contributed by atoms with van der Waals surface area (Å²) in [6.07, 6.45) is 0. The van der Waals surface area contributed by atoms with Crippen molar-refractivity contribution in [2.75, 3.05) is 23.4 Å². The van der Waals surface area contributed by atoms with Crippen molar-refractivity contribution < 1.29 is 189 Å². The molecule has 4 N–H and O–H groups in total. The van der Waals surface area contributed by atoms with Crippen molar-refractivity contribution in [2.45, 2.75) is 19.6 Å². The molecule has 0 aliphatic carbocycles. The minimum Gasteiger partial charge on any atom is -0.744 e. The maximum atomic E-state index is 12.5. The van der Waals surface area contributed by atoms with Gasteiger partial charge in [0.05, 0.1) is 60.7 Å². The molecule has 63 heavy (non-hydrogen) atoms. The Balaban J connectivity index is 0.00000496. The van der Waals surface area contributed by atoms with Crippen LogP contribution >= 0.6 is 35.2 Å². The van der Waals surface area contributed by atoms with Gasteiger partial charge in [-0.1, -0.05) is 0 Å². The van der Waals surface area contributed by atoms with E-state index in [4.69, 9.17) is 28.9 Å². The number of anilines is 3. The molecule has 4 aromatic carbocycles. The Morgan fingerprint density at radius 2 is 1.35 bits per heavy atom. The van der Waals surface area contributed by atoms with E-state index in [-0.39, 0.29) is 173 Å². The molecule has 0 aliphatic heterocycles. The van der Waals surface area contributed by atoms with Gasteiger partial charge in [0.2, 0.25) is 26.9 Å². The molecule has 1 heterocycles. The summed E-state index contributed by atoms with van der Waals surface area (Å²) >= 11 is 11.6. The second-order valence-electron chi connectivity index (χ2n) is 10.9. The normalized spacial score (nSPS) is 12.0. The molecule has 0 saturated carbocycles. The van der Waals surface area contributed by atoms with Crippen molar-refractivity contribution in [2.24, 2.45) is 20.5 Å². The zero-order valence-electron chi connectivity index (χ0n) is 32.2. The van der Waals surface area contributed by atoms with E-state index in [1.807, 2.05) is 0 Å². The quantitative estimate of drug-likeness (QED) is 0.0121. The van der Waals surface area contributed by atoms with Crippen LogP contribution < -0.4 is 135 Å². The smallest absolute Gasteiger partial charge is 0.744 e. The molecule has 314 valence electrons. The molecule has 5 aromatic rings. The van der Waals surface area contributed by atoms with E-state index in [0.29, 0.717) is 6.07 Å². The summed E-state index contributed by atoms with van der Waals surface area (Å²) in [5.41, 5.74) is 3.21. The summed E-state index contributed by atoms with van der Waals surface area (Å²) in [5, 5.41) is 41.9. The predicted octanol–water partition coefficient (Wildman–Crippen LogP) is -8.50. The number of benzene rings is 4. The molecule has 0 saturated heterocycles. The zero-order chi connectivity index (χ0) is 43.5. The van der Waals surface area contributed by atoms with Crippen LogP contribution in [0.1, 0.15) is 0 Å². The number of rotatable bonds is 16. The number of sulfone groups is 1. The number of aromatic hydroxyl groups is 1. The molecule has 0 fully saturated rings. The fourth-order valence-corrected chi connectivity index (χ4v) is 8.29. The monoisotopic (exact) mass is 1040 g/mol. The number of nitrogens with two attached hydrogens (primary N) is 1. The van der Waals surface area contributed by atoms with Gasteiger partial charge in [-0.3, -0.25) is 9.22 Å².